The van der Waals surface area contributed by atoms with Gasteiger partial charge in [-0.2, -0.15) is 0 Å². The maximum atomic E-state index is 13.5. The minimum atomic E-state index is -0.362. The maximum absolute atomic E-state index is 13.5. The highest BCUT2D eigenvalue weighted by Gasteiger charge is 2.14. The number of benzene rings is 3. The Bertz CT molecular complexity index is 1430. The summed E-state index contributed by atoms with van der Waals surface area (Å²) in [5, 5.41) is 12.8. The minimum absolute atomic E-state index is 0.193. The van der Waals surface area contributed by atoms with Crippen molar-refractivity contribution in [2.75, 3.05) is 5.32 Å². The van der Waals surface area contributed by atoms with Crippen LogP contribution in [0.5, 0.6) is 0 Å². The number of hydrogen-bond donors (Lipinski definition) is 1. The van der Waals surface area contributed by atoms with Crippen molar-refractivity contribution in [3.05, 3.63) is 101 Å². The Morgan fingerprint density at radius 3 is 2.50 bits per heavy atom. The van der Waals surface area contributed by atoms with E-state index in [1.54, 1.807) is 24.3 Å². The fourth-order valence-corrected chi connectivity index (χ4v) is 4.91. The summed E-state index contributed by atoms with van der Waals surface area (Å²) in [7, 11) is 0. The molecule has 32 heavy (non-hydrogen) atoms. The van der Waals surface area contributed by atoms with Gasteiger partial charge in [-0.1, -0.05) is 53.4 Å². The highest BCUT2D eigenvalue weighted by atomic mass is 32.2. The van der Waals surface area contributed by atoms with Crippen LogP contribution in [0.1, 0.15) is 5.82 Å². The Morgan fingerprint density at radius 2 is 1.69 bits per heavy atom. The lowest BCUT2D eigenvalue weighted by Gasteiger charge is -2.13. The van der Waals surface area contributed by atoms with Crippen LogP contribution in [0, 0.1) is 5.82 Å². The van der Waals surface area contributed by atoms with E-state index < -0.39 is 0 Å². The Morgan fingerprint density at radius 1 is 0.938 bits per heavy atom. The van der Waals surface area contributed by atoms with Gasteiger partial charge < -0.3 is 5.32 Å². The minimum Gasteiger partial charge on any atom is -0.330 e. The predicted octanol–water partition coefficient (Wildman–Crippen LogP) is 5.41. The molecule has 0 unspecified atom stereocenters. The molecular formula is C23H16FN5OS2. The quantitative estimate of drug-likeness (QED) is 0.341. The zero-order chi connectivity index (χ0) is 21.9. The average molecular weight is 462 g/mol. The number of nitrogens with zero attached hydrogens (tertiary/aromatic N) is 4. The summed E-state index contributed by atoms with van der Waals surface area (Å²) in [5.41, 5.74) is 1.92. The van der Waals surface area contributed by atoms with Gasteiger partial charge in [-0.15, -0.1) is 10.2 Å². The maximum Gasteiger partial charge on any atom is 0.265 e. The first-order chi connectivity index (χ1) is 15.7. The highest BCUT2D eigenvalue weighted by molar-refractivity contribution is 8.00. The van der Waals surface area contributed by atoms with Crippen LogP contribution in [0.4, 0.5) is 15.2 Å². The summed E-state index contributed by atoms with van der Waals surface area (Å²) in [6, 6.07) is 22.8. The van der Waals surface area contributed by atoms with Gasteiger partial charge in [0.05, 0.1) is 22.3 Å². The number of halogens is 1. The first-order valence-electron chi connectivity index (χ1n) is 9.72. The van der Waals surface area contributed by atoms with Crippen LogP contribution in [0.15, 0.2) is 88.0 Å². The van der Waals surface area contributed by atoms with Gasteiger partial charge in [0.25, 0.3) is 5.56 Å². The molecule has 0 fully saturated rings. The van der Waals surface area contributed by atoms with Gasteiger partial charge >= 0.3 is 0 Å². The number of aromatic nitrogens is 4. The standard InChI is InChI=1S/C23H16FN5OS2/c24-15-10-12-17(13-11-15)29-20(26-19-9-5-4-8-18(19)21(29)30)14-31-23-28-27-22(32-23)25-16-6-2-1-3-7-16/h1-13H,14H2,(H,25,27). The summed E-state index contributed by atoms with van der Waals surface area (Å²) in [4.78, 5) is 18.0. The van der Waals surface area contributed by atoms with Gasteiger partial charge in [0, 0.05) is 5.69 Å². The second-order valence-electron chi connectivity index (χ2n) is 6.81. The number of fused-ring (bicyclic) bond motifs is 1. The van der Waals surface area contributed by atoms with Crippen molar-refractivity contribution in [3.8, 4) is 5.69 Å². The van der Waals surface area contributed by atoms with Crippen LogP contribution in [-0.4, -0.2) is 19.7 Å². The van der Waals surface area contributed by atoms with Gasteiger partial charge in [0.15, 0.2) is 4.34 Å². The molecule has 6 nitrogen and oxygen atoms in total. The van der Waals surface area contributed by atoms with E-state index in [-0.39, 0.29) is 11.4 Å². The van der Waals surface area contributed by atoms with Gasteiger partial charge in [-0.05, 0) is 48.5 Å². The summed E-state index contributed by atoms with van der Waals surface area (Å²) >= 11 is 2.87. The number of para-hydroxylation sites is 2. The first-order valence-corrected chi connectivity index (χ1v) is 11.5. The molecular weight excluding hydrogens is 445 g/mol. The number of nitrogens with one attached hydrogen (secondary N) is 1. The molecule has 0 radical (unpaired) electrons. The summed E-state index contributed by atoms with van der Waals surface area (Å²) in [6.45, 7) is 0. The number of thioether (sulfide) groups is 1. The van der Waals surface area contributed by atoms with Crippen molar-refractivity contribution in [2.24, 2.45) is 0 Å². The molecule has 0 aliphatic heterocycles. The van der Waals surface area contributed by atoms with E-state index in [2.05, 4.69) is 15.5 Å². The highest BCUT2D eigenvalue weighted by Crippen LogP contribution is 2.30. The van der Waals surface area contributed by atoms with Gasteiger partial charge in [0.2, 0.25) is 5.13 Å². The number of hydrogen-bond acceptors (Lipinski definition) is 7. The zero-order valence-corrected chi connectivity index (χ0v) is 18.2. The van der Waals surface area contributed by atoms with Crippen LogP contribution in [0.2, 0.25) is 0 Å². The first kappa shape index (κ1) is 20.3. The monoisotopic (exact) mass is 461 g/mol. The SMILES string of the molecule is O=c1c2ccccc2nc(CSc2nnc(Nc3ccccc3)s2)n1-c1ccc(F)cc1. The molecule has 9 heteroatoms. The number of anilines is 2. The molecule has 0 saturated heterocycles. The second-order valence-corrected chi connectivity index (χ2v) is 9.01. The van der Waals surface area contributed by atoms with Crippen LogP contribution >= 0.6 is 23.1 Å². The third-order valence-electron chi connectivity index (χ3n) is 4.69. The van der Waals surface area contributed by atoms with E-state index in [0.717, 1.165) is 10.0 Å². The molecule has 0 atom stereocenters. The molecule has 0 bridgehead atoms. The van der Waals surface area contributed by atoms with Crippen molar-refractivity contribution in [1.82, 2.24) is 19.7 Å². The lowest BCUT2D eigenvalue weighted by atomic mass is 10.2. The van der Waals surface area contributed by atoms with Crippen molar-refractivity contribution in [2.45, 2.75) is 10.1 Å². The molecule has 0 amide bonds. The normalized spacial score (nSPS) is 11.0. The summed E-state index contributed by atoms with van der Waals surface area (Å²) in [6.07, 6.45) is 0. The van der Waals surface area contributed by atoms with Crippen molar-refractivity contribution >= 4 is 44.8 Å². The second kappa shape index (κ2) is 8.89. The largest absolute Gasteiger partial charge is 0.330 e. The molecule has 3 aromatic carbocycles. The van der Waals surface area contributed by atoms with Crippen molar-refractivity contribution in [3.63, 3.8) is 0 Å². The third kappa shape index (κ3) is 4.25. The summed E-state index contributed by atoms with van der Waals surface area (Å²) in [5.74, 6) is 0.592. The molecule has 0 aliphatic rings. The summed E-state index contributed by atoms with van der Waals surface area (Å²) < 4.78 is 15.7. The lowest BCUT2D eigenvalue weighted by molar-refractivity contribution is 0.627. The van der Waals surface area contributed by atoms with E-state index in [9.17, 15) is 9.18 Å². The Hall–Kier alpha value is -3.56. The third-order valence-corrected chi connectivity index (χ3v) is 6.65. The topological polar surface area (TPSA) is 72.7 Å². The Balaban J connectivity index is 1.45. The van der Waals surface area contributed by atoms with Crippen LogP contribution in [0.3, 0.4) is 0 Å². The average Bonchev–Trinajstić information content (AvgIpc) is 3.26. The zero-order valence-electron chi connectivity index (χ0n) is 16.6. The van der Waals surface area contributed by atoms with Crippen LogP contribution in [0.25, 0.3) is 16.6 Å². The van der Waals surface area contributed by atoms with Gasteiger partial charge in [-0.3, -0.25) is 9.36 Å². The molecule has 5 rings (SSSR count). The molecule has 2 aromatic heterocycles. The smallest absolute Gasteiger partial charge is 0.265 e. The van der Waals surface area contributed by atoms with Crippen LogP contribution < -0.4 is 10.9 Å². The Kier molecular flexibility index (Phi) is 5.66. The van der Waals surface area contributed by atoms with E-state index in [4.69, 9.17) is 4.98 Å². The fraction of sp³-hybridized carbons (Fsp3) is 0.0435. The molecule has 158 valence electrons. The van der Waals surface area contributed by atoms with Crippen LogP contribution in [-0.2, 0) is 5.75 Å². The molecule has 1 N–H and O–H groups in total. The van der Waals surface area contributed by atoms with Gasteiger partial charge in [0.1, 0.15) is 11.6 Å². The Labute approximate surface area is 190 Å². The van der Waals surface area contributed by atoms with Crippen molar-refractivity contribution in [1.29, 1.82) is 0 Å². The van der Waals surface area contributed by atoms with E-state index in [1.165, 1.54) is 39.8 Å². The number of rotatable bonds is 6. The molecule has 5 aromatic rings. The van der Waals surface area contributed by atoms with Crippen molar-refractivity contribution < 1.29 is 4.39 Å². The fourth-order valence-electron chi connectivity index (χ4n) is 3.22. The van der Waals surface area contributed by atoms with E-state index >= 15 is 0 Å². The molecule has 0 saturated carbocycles. The van der Waals surface area contributed by atoms with E-state index in [0.29, 0.717) is 33.3 Å². The van der Waals surface area contributed by atoms with E-state index in [1.807, 2.05) is 42.5 Å². The van der Waals surface area contributed by atoms with Gasteiger partial charge in [-0.25, -0.2) is 9.37 Å². The molecule has 0 aliphatic carbocycles. The lowest BCUT2D eigenvalue weighted by Crippen LogP contribution is -2.23. The molecule has 0 spiro atoms. The predicted molar refractivity (Wildman–Crippen MR) is 126 cm³/mol. The molecule has 2 heterocycles.